The average Bonchev–Trinajstić information content (AvgIpc) is 2.82. The molecule has 0 bridgehead atoms. The first-order valence-corrected chi connectivity index (χ1v) is 6.96. The standard InChI is InChI=1S/C13H23N3O2/c1-18-13(17)12-7-11(15-14)9-16(12)8-10-5-3-2-4-6-10/h10-12,14H,2-9H2,1H3/p+1. The first kappa shape index (κ1) is 13.5. The molecule has 5 nitrogen and oxygen atoms in total. The Kier molecular flexibility index (Phi) is 4.69. The number of carbonyl (C=O) groups excluding carboxylic acids is 1. The minimum Gasteiger partial charge on any atom is -0.468 e. The Hall–Kier alpha value is -0.970. The van der Waals surface area contributed by atoms with E-state index in [1.807, 2.05) is 0 Å². The summed E-state index contributed by atoms with van der Waals surface area (Å²) in [5.74, 6) is 0.583. The second-order valence-electron chi connectivity index (χ2n) is 5.54. The topological polar surface area (TPSA) is 67.5 Å². The molecule has 18 heavy (non-hydrogen) atoms. The number of likely N-dealkylation sites (tertiary alicyclic amines) is 1. The maximum absolute atomic E-state index is 11.8. The van der Waals surface area contributed by atoms with E-state index in [0.717, 1.165) is 19.0 Å². The lowest BCUT2D eigenvalue weighted by atomic mass is 9.89. The Morgan fingerprint density at radius 3 is 2.72 bits per heavy atom. The van der Waals surface area contributed by atoms with Crippen molar-refractivity contribution in [3.63, 3.8) is 0 Å². The molecule has 0 spiro atoms. The van der Waals surface area contributed by atoms with Gasteiger partial charge in [0.2, 0.25) is 0 Å². The highest BCUT2D eigenvalue weighted by molar-refractivity contribution is 5.76. The zero-order valence-electron chi connectivity index (χ0n) is 11.2. The molecule has 0 aromatic rings. The van der Waals surface area contributed by atoms with E-state index >= 15 is 0 Å². The lowest BCUT2D eigenvalue weighted by Gasteiger charge is -2.29. The molecule has 2 unspecified atom stereocenters. The summed E-state index contributed by atoms with van der Waals surface area (Å²) >= 11 is 0. The summed E-state index contributed by atoms with van der Waals surface area (Å²) in [4.78, 5) is 14.0. The van der Waals surface area contributed by atoms with Gasteiger partial charge in [-0.2, -0.15) is 5.53 Å². The van der Waals surface area contributed by atoms with Crippen LogP contribution in [0.1, 0.15) is 38.5 Å². The second-order valence-corrected chi connectivity index (χ2v) is 5.54. The van der Waals surface area contributed by atoms with Crippen molar-refractivity contribution in [1.29, 1.82) is 0 Å². The van der Waals surface area contributed by atoms with E-state index in [1.54, 1.807) is 0 Å². The van der Waals surface area contributed by atoms with Crippen LogP contribution in [0.5, 0.6) is 0 Å². The minimum absolute atomic E-state index is 0.0812. The van der Waals surface area contributed by atoms with Gasteiger partial charge in [-0.1, -0.05) is 19.3 Å². The van der Waals surface area contributed by atoms with Gasteiger partial charge in [-0.15, -0.1) is 0 Å². The zero-order valence-corrected chi connectivity index (χ0v) is 11.2. The van der Waals surface area contributed by atoms with Crippen LogP contribution in [-0.2, 0) is 9.53 Å². The molecular weight excluding hydrogens is 230 g/mol. The lowest BCUT2D eigenvalue weighted by Crippen LogP contribution is -2.40. The highest BCUT2D eigenvalue weighted by Crippen LogP contribution is 2.28. The third-order valence-corrected chi connectivity index (χ3v) is 4.28. The van der Waals surface area contributed by atoms with Crippen molar-refractivity contribution in [2.24, 2.45) is 11.0 Å². The van der Waals surface area contributed by atoms with Crippen LogP contribution in [0.3, 0.4) is 0 Å². The van der Waals surface area contributed by atoms with E-state index in [-0.39, 0.29) is 18.1 Å². The molecule has 102 valence electrons. The van der Waals surface area contributed by atoms with Crippen LogP contribution in [0.25, 0.3) is 0 Å². The van der Waals surface area contributed by atoms with Gasteiger partial charge in [0.1, 0.15) is 12.1 Å². The van der Waals surface area contributed by atoms with Crippen LogP contribution in [0, 0.1) is 5.92 Å². The number of hydrogen-bond donors (Lipinski definition) is 1. The molecule has 1 saturated carbocycles. The predicted molar refractivity (Wildman–Crippen MR) is 66.7 cm³/mol. The molecule has 2 rings (SSSR count). The molecule has 1 aliphatic carbocycles. The van der Waals surface area contributed by atoms with Crippen molar-refractivity contribution < 1.29 is 15.1 Å². The van der Waals surface area contributed by atoms with Crippen LogP contribution in [0.15, 0.2) is 5.11 Å². The minimum atomic E-state index is -0.144. The molecule has 0 amide bonds. The van der Waals surface area contributed by atoms with Crippen LogP contribution < -0.4 is 5.53 Å². The van der Waals surface area contributed by atoms with E-state index in [1.165, 1.54) is 39.2 Å². The van der Waals surface area contributed by atoms with Crippen LogP contribution in [0.2, 0.25) is 0 Å². The summed E-state index contributed by atoms with van der Waals surface area (Å²) in [7, 11) is 1.45. The van der Waals surface area contributed by atoms with Crippen molar-refractivity contribution in [2.75, 3.05) is 20.2 Å². The van der Waals surface area contributed by atoms with Gasteiger partial charge >= 0.3 is 5.97 Å². The molecule has 2 fully saturated rings. The quantitative estimate of drug-likeness (QED) is 0.583. The molecule has 2 atom stereocenters. The highest BCUT2D eigenvalue weighted by Gasteiger charge is 2.39. The summed E-state index contributed by atoms with van der Waals surface area (Å²) < 4.78 is 4.88. The number of nitrogens with two attached hydrogens (primary N) is 1. The maximum Gasteiger partial charge on any atom is 0.323 e. The van der Waals surface area contributed by atoms with Crippen molar-refractivity contribution >= 4 is 5.97 Å². The van der Waals surface area contributed by atoms with Gasteiger partial charge in [0.05, 0.1) is 7.11 Å². The van der Waals surface area contributed by atoms with E-state index in [4.69, 9.17) is 10.3 Å². The van der Waals surface area contributed by atoms with Crippen molar-refractivity contribution in [1.82, 2.24) is 4.90 Å². The number of nitrogens with zero attached hydrogens (tertiary/aromatic N) is 2. The summed E-state index contributed by atoms with van der Waals surface area (Å²) in [6.07, 6.45) is 7.29. The smallest absolute Gasteiger partial charge is 0.323 e. The maximum atomic E-state index is 11.8. The molecule has 1 heterocycles. The number of ether oxygens (including phenoxy) is 1. The lowest BCUT2D eigenvalue weighted by molar-refractivity contribution is -0.228. The molecule has 0 radical (unpaired) electrons. The fourth-order valence-electron chi connectivity index (χ4n) is 3.27. The van der Waals surface area contributed by atoms with Crippen molar-refractivity contribution in [3.8, 4) is 0 Å². The molecule has 0 aromatic heterocycles. The fraction of sp³-hybridized carbons (Fsp3) is 0.923. The normalized spacial score (nSPS) is 30.3. The van der Waals surface area contributed by atoms with Crippen molar-refractivity contribution in [3.05, 3.63) is 0 Å². The molecule has 0 aromatic carbocycles. The summed E-state index contributed by atoms with van der Waals surface area (Å²) in [5.41, 5.74) is 5.38. The number of esters is 1. The second kappa shape index (κ2) is 6.27. The Balaban J connectivity index is 1.94. The number of carbonyl (C=O) groups is 1. The Morgan fingerprint density at radius 1 is 1.39 bits per heavy atom. The van der Waals surface area contributed by atoms with Gasteiger partial charge in [-0.3, -0.25) is 9.69 Å². The summed E-state index contributed by atoms with van der Waals surface area (Å²) in [6.45, 7) is 1.79. The molecule has 2 N–H and O–H groups in total. The Labute approximate surface area is 108 Å². The van der Waals surface area contributed by atoms with Crippen LogP contribution >= 0.6 is 0 Å². The van der Waals surface area contributed by atoms with Crippen LogP contribution in [0.4, 0.5) is 0 Å². The van der Waals surface area contributed by atoms with E-state index in [2.05, 4.69) is 10.0 Å². The SMILES string of the molecule is COC(=O)C1CC(N=[NH2+])CN1CC1CCCCC1. The molecule has 2 aliphatic rings. The summed E-state index contributed by atoms with van der Waals surface area (Å²) in [6, 6.07) is -0.0630. The van der Waals surface area contributed by atoms with Gasteiger partial charge in [-0.05, 0) is 23.9 Å². The molecule has 5 heteroatoms. The van der Waals surface area contributed by atoms with Gasteiger partial charge in [-0.25, -0.2) is 0 Å². The number of hydrogen-bond acceptors (Lipinski definition) is 4. The van der Waals surface area contributed by atoms with E-state index in [0.29, 0.717) is 6.42 Å². The largest absolute Gasteiger partial charge is 0.468 e. The predicted octanol–water partition coefficient (Wildman–Crippen LogP) is 0.394. The Bertz CT molecular complexity index is 303. The molecule has 1 aliphatic heterocycles. The third kappa shape index (κ3) is 3.07. The van der Waals surface area contributed by atoms with E-state index in [9.17, 15) is 4.79 Å². The number of methoxy groups -OCH3 is 1. The first-order valence-electron chi connectivity index (χ1n) is 6.96. The van der Waals surface area contributed by atoms with Gasteiger partial charge < -0.3 is 4.74 Å². The summed E-state index contributed by atoms with van der Waals surface area (Å²) in [5, 5.41) is 3.85. The van der Waals surface area contributed by atoms with Gasteiger partial charge in [0.25, 0.3) is 0 Å². The average molecular weight is 254 g/mol. The van der Waals surface area contributed by atoms with Crippen LogP contribution in [-0.4, -0.2) is 43.2 Å². The third-order valence-electron chi connectivity index (χ3n) is 4.28. The van der Waals surface area contributed by atoms with Gasteiger partial charge in [0.15, 0.2) is 0 Å². The highest BCUT2D eigenvalue weighted by atomic mass is 16.5. The van der Waals surface area contributed by atoms with Crippen molar-refractivity contribution in [2.45, 2.75) is 50.6 Å². The molecular formula is C13H24N3O2+. The Morgan fingerprint density at radius 2 is 2.11 bits per heavy atom. The fourth-order valence-corrected chi connectivity index (χ4v) is 3.27. The monoisotopic (exact) mass is 254 g/mol. The zero-order chi connectivity index (χ0) is 13.0. The molecule has 1 saturated heterocycles. The van der Waals surface area contributed by atoms with E-state index < -0.39 is 0 Å². The number of rotatable bonds is 4. The first-order chi connectivity index (χ1) is 8.74. The van der Waals surface area contributed by atoms with Gasteiger partial charge in [0, 0.05) is 19.5 Å².